The number of cyclic esters (lactones) is 1. The van der Waals surface area contributed by atoms with Crippen molar-refractivity contribution in [3.8, 4) is 0 Å². The van der Waals surface area contributed by atoms with Crippen LogP contribution in [0.4, 0.5) is 0 Å². The standard InChI is InChI=1S/C43H74N2O14.C6H10O4/c1-24-21-29(19-20-46)39(59-42-37(49)36(45(9)10)38(27(4)56-42)58-35-23-43(6,51)41(50)28(5)55-35)40(52-11)31(47)22-33(48)53-25(2)15-13-12-14-16-32(24)57-34-18-17-30(44(7)8)26(3)54-34;7-5(8)3-1-2-4-6(9)10/h12-14,16,20,24-32,34-42,47,49-51H,15,17-19,21-23H2,1-11H3;1-4H2,(H,7,8)(H,9,10). The molecule has 4 aliphatic heterocycles. The van der Waals surface area contributed by atoms with Crippen molar-refractivity contribution in [1.82, 2.24) is 9.80 Å². The van der Waals surface area contributed by atoms with E-state index in [1.807, 2.05) is 52.2 Å². The summed E-state index contributed by atoms with van der Waals surface area (Å²) in [6.45, 7) is 10.8. The number of rotatable bonds is 16. The number of esters is 1. The molecule has 4 aliphatic rings. The van der Waals surface area contributed by atoms with E-state index in [-0.39, 0.29) is 43.7 Å². The fraction of sp³-hybridized carbons (Fsp3) is 0.837. The first-order chi connectivity index (χ1) is 32.4. The van der Waals surface area contributed by atoms with Crippen LogP contribution in [0.15, 0.2) is 24.3 Å². The molecule has 0 aromatic rings. The van der Waals surface area contributed by atoms with E-state index < -0.39 is 122 Å². The van der Waals surface area contributed by atoms with Crippen molar-refractivity contribution in [2.45, 2.75) is 216 Å². The van der Waals surface area contributed by atoms with Gasteiger partial charge in [0.1, 0.15) is 36.8 Å². The number of carboxylic acid groups (broad SMARTS) is 2. The average molecular weight is 989 g/mol. The lowest BCUT2D eigenvalue weighted by Gasteiger charge is -2.50. The minimum Gasteiger partial charge on any atom is -0.481 e. The first kappa shape index (κ1) is 60.3. The van der Waals surface area contributed by atoms with E-state index in [1.54, 1.807) is 39.8 Å². The van der Waals surface area contributed by atoms with Crippen molar-refractivity contribution >= 4 is 24.2 Å². The summed E-state index contributed by atoms with van der Waals surface area (Å²) in [5.74, 6) is -3.21. The van der Waals surface area contributed by atoms with Crippen LogP contribution in [0.5, 0.6) is 0 Å². The van der Waals surface area contributed by atoms with Gasteiger partial charge in [-0.15, -0.1) is 0 Å². The molecule has 4 heterocycles. The number of hydrogen-bond donors (Lipinski definition) is 6. The molecular formula is C49H84N2O18. The highest BCUT2D eigenvalue weighted by molar-refractivity contribution is 5.70. The molecule has 0 aromatic heterocycles. The smallest absolute Gasteiger partial charge is 0.308 e. The minimum atomic E-state index is -1.47. The molecule has 398 valence electrons. The number of carbonyl (C=O) groups excluding carboxylic acids is 2. The number of carbonyl (C=O) groups is 4. The lowest BCUT2D eigenvalue weighted by Crippen LogP contribution is -2.65. The second-order valence-electron chi connectivity index (χ2n) is 19.8. The highest BCUT2D eigenvalue weighted by Crippen LogP contribution is 2.37. The molecule has 0 radical (unpaired) electrons. The molecule has 20 nitrogen and oxygen atoms in total. The predicted molar refractivity (Wildman–Crippen MR) is 251 cm³/mol. The molecule has 19 unspecified atom stereocenters. The number of likely N-dealkylation sites (N-methyl/N-ethyl adjacent to an activating group) is 2. The number of nitrogens with zero attached hydrogens (tertiary/aromatic N) is 2. The summed E-state index contributed by atoms with van der Waals surface area (Å²) in [6.07, 6.45) is -0.546. The summed E-state index contributed by atoms with van der Waals surface area (Å²) in [5, 5.41) is 61.3. The maximum absolute atomic E-state index is 13.1. The third kappa shape index (κ3) is 18.9. The SMILES string of the molecule is COC1C(O)CC(=O)OC(C)CC=CC=CC(OC2CCC(N(C)C)C(C)O2)C(C)CC(CC=O)C1OC1OC(C)C(OC2CC(C)(O)C(O)C(C)O2)C(N(C)C)C1O.O=C(O)CCCCC(=O)O. The molecule has 0 spiro atoms. The van der Waals surface area contributed by atoms with Crippen molar-refractivity contribution in [3.63, 3.8) is 0 Å². The number of aldehydes is 1. The molecule has 0 aliphatic carbocycles. The number of unbranched alkanes of at least 4 members (excludes halogenated alkanes) is 1. The number of allylic oxidation sites excluding steroid dienone is 2. The molecular weight excluding hydrogens is 905 g/mol. The Labute approximate surface area is 408 Å². The zero-order chi connectivity index (χ0) is 51.7. The van der Waals surface area contributed by atoms with Crippen LogP contribution in [0.25, 0.3) is 0 Å². The van der Waals surface area contributed by atoms with Crippen LogP contribution in [-0.2, 0) is 57.1 Å². The Bertz CT molecular complexity index is 1610. The number of methoxy groups -OCH3 is 1. The van der Waals surface area contributed by atoms with E-state index in [9.17, 15) is 39.6 Å². The van der Waals surface area contributed by atoms with Gasteiger partial charge in [-0.1, -0.05) is 31.2 Å². The Hall–Kier alpha value is -2.96. The van der Waals surface area contributed by atoms with Gasteiger partial charge in [0.25, 0.3) is 0 Å². The molecule has 20 heteroatoms. The Morgan fingerprint density at radius 3 is 2.01 bits per heavy atom. The van der Waals surface area contributed by atoms with Crippen molar-refractivity contribution in [1.29, 1.82) is 0 Å². The Balaban J connectivity index is 0.00000113. The monoisotopic (exact) mass is 989 g/mol. The molecule has 0 amide bonds. The van der Waals surface area contributed by atoms with Crippen LogP contribution in [0.1, 0.15) is 112 Å². The lowest BCUT2D eigenvalue weighted by atomic mass is 9.82. The summed E-state index contributed by atoms with van der Waals surface area (Å²) in [4.78, 5) is 49.3. The van der Waals surface area contributed by atoms with Crippen molar-refractivity contribution in [2.24, 2.45) is 11.8 Å². The molecule has 0 bridgehead atoms. The van der Waals surface area contributed by atoms with Crippen LogP contribution in [0.3, 0.4) is 0 Å². The largest absolute Gasteiger partial charge is 0.481 e. The predicted octanol–water partition coefficient (Wildman–Crippen LogP) is 3.04. The first-order valence-corrected chi connectivity index (χ1v) is 24.3. The summed E-state index contributed by atoms with van der Waals surface area (Å²) >= 11 is 0. The third-order valence-electron chi connectivity index (χ3n) is 13.4. The number of hydrogen-bond acceptors (Lipinski definition) is 18. The topological polar surface area (TPSA) is 270 Å². The van der Waals surface area contributed by atoms with Gasteiger partial charge in [0.2, 0.25) is 0 Å². The molecule has 3 saturated heterocycles. The van der Waals surface area contributed by atoms with Crippen molar-refractivity contribution in [3.05, 3.63) is 24.3 Å². The fourth-order valence-electron chi connectivity index (χ4n) is 9.65. The number of carboxylic acids is 2. The normalized spacial score (nSPS) is 39.6. The van der Waals surface area contributed by atoms with Crippen LogP contribution < -0.4 is 0 Å². The molecule has 3 fully saturated rings. The zero-order valence-electron chi connectivity index (χ0n) is 42.5. The number of ether oxygens (including phenoxy) is 8. The summed E-state index contributed by atoms with van der Waals surface area (Å²) < 4.78 is 50.0. The van der Waals surface area contributed by atoms with Gasteiger partial charge in [-0.25, -0.2) is 0 Å². The van der Waals surface area contributed by atoms with Gasteiger partial charge in [-0.3, -0.25) is 14.4 Å². The summed E-state index contributed by atoms with van der Waals surface area (Å²) in [5.41, 5.74) is -1.47. The van der Waals surface area contributed by atoms with E-state index in [1.165, 1.54) is 14.0 Å². The molecule has 19 atom stereocenters. The van der Waals surface area contributed by atoms with E-state index in [4.69, 9.17) is 48.1 Å². The van der Waals surface area contributed by atoms with E-state index in [0.717, 1.165) is 12.7 Å². The first-order valence-electron chi connectivity index (χ1n) is 24.3. The van der Waals surface area contributed by atoms with Gasteiger partial charge < -0.3 is 83.1 Å². The molecule has 4 rings (SSSR count). The second-order valence-corrected chi connectivity index (χ2v) is 19.8. The van der Waals surface area contributed by atoms with Crippen molar-refractivity contribution < 1.29 is 87.7 Å². The van der Waals surface area contributed by atoms with Gasteiger partial charge in [0.05, 0.1) is 54.7 Å². The Kier molecular flexibility index (Phi) is 25.3. The van der Waals surface area contributed by atoms with E-state index in [0.29, 0.717) is 32.1 Å². The van der Waals surface area contributed by atoms with E-state index in [2.05, 4.69) is 4.90 Å². The lowest BCUT2D eigenvalue weighted by molar-refractivity contribution is -0.344. The zero-order valence-corrected chi connectivity index (χ0v) is 42.5. The highest BCUT2D eigenvalue weighted by atomic mass is 16.7. The second kappa shape index (κ2) is 28.9. The molecule has 6 N–H and O–H groups in total. The fourth-order valence-corrected chi connectivity index (χ4v) is 9.65. The van der Waals surface area contributed by atoms with Gasteiger partial charge in [0.15, 0.2) is 18.9 Å². The number of aliphatic hydroxyl groups excluding tert-OH is 3. The quantitative estimate of drug-likeness (QED) is 0.0737. The Morgan fingerprint density at radius 2 is 1.46 bits per heavy atom. The highest BCUT2D eigenvalue weighted by Gasteiger charge is 2.52. The maximum Gasteiger partial charge on any atom is 0.308 e. The molecule has 0 saturated carbocycles. The van der Waals surface area contributed by atoms with Crippen LogP contribution in [0, 0.1) is 11.8 Å². The minimum absolute atomic E-state index is 0.00885. The van der Waals surface area contributed by atoms with Crippen LogP contribution in [0.2, 0.25) is 0 Å². The van der Waals surface area contributed by atoms with Crippen molar-refractivity contribution in [2.75, 3.05) is 35.3 Å². The number of aliphatic hydroxyl groups is 4. The third-order valence-corrected chi connectivity index (χ3v) is 13.4. The van der Waals surface area contributed by atoms with Gasteiger partial charge >= 0.3 is 17.9 Å². The average Bonchev–Trinajstić information content (AvgIpc) is 3.24. The van der Waals surface area contributed by atoms with Gasteiger partial charge in [0, 0.05) is 45.3 Å². The maximum atomic E-state index is 13.1. The molecule has 0 aromatic carbocycles. The molecule has 69 heavy (non-hydrogen) atoms. The van der Waals surface area contributed by atoms with Crippen LogP contribution in [-0.4, -0.2) is 204 Å². The number of aliphatic carboxylic acids is 2. The van der Waals surface area contributed by atoms with Gasteiger partial charge in [-0.2, -0.15) is 0 Å². The van der Waals surface area contributed by atoms with Crippen LogP contribution >= 0.6 is 0 Å². The van der Waals surface area contributed by atoms with E-state index >= 15 is 0 Å². The van der Waals surface area contributed by atoms with Gasteiger partial charge in [-0.05, 0) is 107 Å². The summed E-state index contributed by atoms with van der Waals surface area (Å²) in [6, 6.07) is -0.466. The Morgan fingerprint density at radius 1 is 0.826 bits per heavy atom. The summed E-state index contributed by atoms with van der Waals surface area (Å²) in [7, 11) is 9.03.